The summed E-state index contributed by atoms with van der Waals surface area (Å²) in [6, 6.07) is 1.84. The predicted octanol–water partition coefficient (Wildman–Crippen LogP) is 2.03. The number of methoxy groups -OCH3 is 1. The van der Waals surface area contributed by atoms with E-state index in [0.717, 1.165) is 17.9 Å². The average molecular weight is 198 g/mol. The maximum absolute atomic E-state index is 5.14. The highest BCUT2D eigenvalue weighted by molar-refractivity contribution is 7.71. The first-order chi connectivity index (χ1) is 6.11. The first kappa shape index (κ1) is 10.3. The molecule has 1 aromatic rings. The van der Waals surface area contributed by atoms with E-state index < -0.39 is 0 Å². The van der Waals surface area contributed by atoms with Crippen molar-refractivity contribution in [2.75, 3.05) is 7.11 Å². The second-order valence-electron chi connectivity index (χ2n) is 3.10. The molecule has 72 valence electrons. The third-order valence-electron chi connectivity index (χ3n) is 1.81. The van der Waals surface area contributed by atoms with Gasteiger partial charge in [-0.1, -0.05) is 12.2 Å². The Hall–Kier alpha value is -0.740. The molecular formula is C9H14N2OS. The molecule has 0 amide bonds. The molecule has 0 bridgehead atoms. The van der Waals surface area contributed by atoms with Crippen LogP contribution in [0.1, 0.15) is 18.4 Å². The zero-order valence-electron chi connectivity index (χ0n) is 8.13. The van der Waals surface area contributed by atoms with Gasteiger partial charge in [0, 0.05) is 19.2 Å². The van der Waals surface area contributed by atoms with E-state index in [0.29, 0.717) is 4.64 Å². The summed E-state index contributed by atoms with van der Waals surface area (Å²) >= 11 is 5.00. The molecule has 0 radical (unpaired) electrons. The van der Waals surface area contributed by atoms with Crippen LogP contribution >= 0.6 is 12.2 Å². The summed E-state index contributed by atoms with van der Waals surface area (Å²) in [5.74, 6) is 0.888. The van der Waals surface area contributed by atoms with Crippen molar-refractivity contribution >= 4 is 12.2 Å². The number of H-pyrrole nitrogens is 1. The van der Waals surface area contributed by atoms with E-state index >= 15 is 0 Å². The molecule has 4 heteroatoms. The van der Waals surface area contributed by atoms with Gasteiger partial charge in [0.1, 0.15) is 10.5 Å². The number of hydrogen-bond acceptors (Lipinski definition) is 3. The molecule has 1 heterocycles. The number of ether oxygens (including phenoxy) is 1. The van der Waals surface area contributed by atoms with Gasteiger partial charge in [-0.3, -0.25) is 0 Å². The highest BCUT2D eigenvalue weighted by Crippen LogP contribution is 2.01. The average Bonchev–Trinajstić information content (AvgIpc) is 2.02. The number of nitrogens with one attached hydrogen (secondary N) is 1. The molecule has 1 rings (SSSR count). The lowest BCUT2D eigenvalue weighted by Crippen LogP contribution is -2.11. The third-order valence-corrected chi connectivity index (χ3v) is 2.02. The second kappa shape index (κ2) is 4.48. The summed E-state index contributed by atoms with van der Waals surface area (Å²) in [6.07, 6.45) is 0.932. The van der Waals surface area contributed by atoms with Crippen LogP contribution in [0.2, 0.25) is 0 Å². The number of rotatable bonds is 3. The van der Waals surface area contributed by atoms with Crippen molar-refractivity contribution in [2.45, 2.75) is 26.4 Å². The first-order valence-electron chi connectivity index (χ1n) is 4.21. The maximum Gasteiger partial charge on any atom is 0.129 e. The van der Waals surface area contributed by atoms with Gasteiger partial charge >= 0.3 is 0 Å². The van der Waals surface area contributed by atoms with Crippen LogP contribution in [0.25, 0.3) is 0 Å². The van der Waals surface area contributed by atoms with Crippen LogP contribution in [0.15, 0.2) is 6.07 Å². The number of hydrogen-bond donors (Lipinski definition) is 1. The Kier molecular flexibility index (Phi) is 3.57. The number of aryl methyl sites for hydroxylation is 1. The Morgan fingerprint density at radius 2 is 2.38 bits per heavy atom. The summed E-state index contributed by atoms with van der Waals surface area (Å²) in [4.78, 5) is 7.36. The minimum absolute atomic E-state index is 0.167. The van der Waals surface area contributed by atoms with E-state index in [-0.39, 0.29) is 6.10 Å². The van der Waals surface area contributed by atoms with E-state index in [1.165, 1.54) is 0 Å². The number of aromatic amines is 1. The van der Waals surface area contributed by atoms with E-state index in [1.54, 1.807) is 7.11 Å². The lowest BCUT2D eigenvalue weighted by molar-refractivity contribution is 0.117. The van der Waals surface area contributed by atoms with Crippen molar-refractivity contribution in [3.8, 4) is 0 Å². The van der Waals surface area contributed by atoms with E-state index in [2.05, 4.69) is 9.97 Å². The van der Waals surface area contributed by atoms with Crippen LogP contribution in [0.4, 0.5) is 0 Å². The van der Waals surface area contributed by atoms with Crippen molar-refractivity contribution in [1.82, 2.24) is 9.97 Å². The molecule has 3 nitrogen and oxygen atoms in total. The fourth-order valence-electron chi connectivity index (χ4n) is 1.09. The summed E-state index contributed by atoms with van der Waals surface area (Å²) in [5, 5.41) is 0. The van der Waals surface area contributed by atoms with Crippen molar-refractivity contribution in [2.24, 2.45) is 0 Å². The van der Waals surface area contributed by atoms with Crippen LogP contribution in [0.5, 0.6) is 0 Å². The molecule has 1 aromatic heterocycles. The highest BCUT2D eigenvalue weighted by atomic mass is 32.1. The van der Waals surface area contributed by atoms with Crippen molar-refractivity contribution in [3.63, 3.8) is 0 Å². The molecule has 0 spiro atoms. The Bertz CT molecular complexity index is 335. The van der Waals surface area contributed by atoms with Crippen LogP contribution in [-0.4, -0.2) is 23.2 Å². The van der Waals surface area contributed by atoms with Gasteiger partial charge in [-0.2, -0.15) is 0 Å². The molecular weight excluding hydrogens is 184 g/mol. The standard InChI is InChI=1S/C9H14N2OS/c1-6-4-9(13)11-8(10-6)5-7(2)12-3/h4,7H,5H2,1-3H3,(H,10,11,13). The van der Waals surface area contributed by atoms with Gasteiger partial charge in [0.25, 0.3) is 0 Å². The number of nitrogens with zero attached hydrogens (tertiary/aromatic N) is 1. The molecule has 1 atom stereocenters. The molecule has 1 N–H and O–H groups in total. The van der Waals surface area contributed by atoms with Gasteiger partial charge < -0.3 is 9.72 Å². The van der Waals surface area contributed by atoms with Crippen molar-refractivity contribution < 1.29 is 4.74 Å². The predicted molar refractivity (Wildman–Crippen MR) is 54.3 cm³/mol. The fraction of sp³-hybridized carbons (Fsp3) is 0.556. The zero-order valence-corrected chi connectivity index (χ0v) is 8.94. The minimum Gasteiger partial charge on any atom is -0.381 e. The topological polar surface area (TPSA) is 37.9 Å². The van der Waals surface area contributed by atoms with Crippen LogP contribution in [0, 0.1) is 11.6 Å². The molecule has 0 aliphatic carbocycles. The molecule has 0 aromatic carbocycles. The van der Waals surface area contributed by atoms with Gasteiger partial charge in [0.2, 0.25) is 0 Å². The minimum atomic E-state index is 0.167. The fourth-order valence-corrected chi connectivity index (χ4v) is 1.38. The molecule has 13 heavy (non-hydrogen) atoms. The monoisotopic (exact) mass is 198 g/mol. The lowest BCUT2D eigenvalue weighted by atomic mass is 10.2. The quantitative estimate of drug-likeness (QED) is 0.755. The highest BCUT2D eigenvalue weighted by Gasteiger charge is 2.03. The van der Waals surface area contributed by atoms with Gasteiger partial charge in [-0.15, -0.1) is 0 Å². The molecule has 1 unspecified atom stereocenters. The maximum atomic E-state index is 5.14. The van der Waals surface area contributed by atoms with Crippen molar-refractivity contribution in [3.05, 3.63) is 22.2 Å². The molecule has 0 saturated carbocycles. The van der Waals surface area contributed by atoms with Gasteiger partial charge in [0.05, 0.1) is 6.10 Å². The Morgan fingerprint density at radius 3 is 2.92 bits per heavy atom. The van der Waals surface area contributed by atoms with Gasteiger partial charge in [-0.05, 0) is 19.9 Å². The Balaban J connectivity index is 2.83. The van der Waals surface area contributed by atoms with Crippen LogP contribution in [-0.2, 0) is 11.2 Å². The Labute approximate surface area is 83.2 Å². The van der Waals surface area contributed by atoms with Gasteiger partial charge in [-0.25, -0.2) is 4.98 Å². The van der Waals surface area contributed by atoms with E-state index in [4.69, 9.17) is 17.0 Å². The Morgan fingerprint density at radius 1 is 1.69 bits per heavy atom. The summed E-state index contributed by atoms with van der Waals surface area (Å²) in [5.41, 5.74) is 1.04. The summed E-state index contributed by atoms with van der Waals surface area (Å²) < 4.78 is 5.77. The SMILES string of the molecule is COC(C)Cc1nc(=S)cc(C)[nH]1. The second-order valence-corrected chi connectivity index (χ2v) is 3.52. The van der Waals surface area contributed by atoms with E-state index in [9.17, 15) is 0 Å². The molecule has 0 aliphatic rings. The first-order valence-corrected chi connectivity index (χ1v) is 4.62. The van der Waals surface area contributed by atoms with Crippen LogP contribution < -0.4 is 0 Å². The lowest BCUT2D eigenvalue weighted by Gasteiger charge is -2.08. The van der Waals surface area contributed by atoms with Crippen molar-refractivity contribution in [1.29, 1.82) is 0 Å². The zero-order chi connectivity index (χ0) is 9.84. The summed E-state index contributed by atoms with van der Waals surface area (Å²) in [6.45, 7) is 3.97. The molecule has 0 aliphatic heterocycles. The smallest absolute Gasteiger partial charge is 0.129 e. The third kappa shape index (κ3) is 3.24. The van der Waals surface area contributed by atoms with Gasteiger partial charge in [0.15, 0.2) is 0 Å². The molecule has 0 fully saturated rings. The summed E-state index contributed by atoms with van der Waals surface area (Å²) in [7, 11) is 1.69. The molecule has 0 saturated heterocycles. The largest absolute Gasteiger partial charge is 0.381 e. The van der Waals surface area contributed by atoms with E-state index in [1.807, 2.05) is 19.9 Å². The van der Waals surface area contributed by atoms with Crippen LogP contribution in [0.3, 0.4) is 0 Å². The number of aromatic nitrogens is 2. The normalized spacial score (nSPS) is 12.8.